The molecule has 4 aromatic rings. The predicted octanol–water partition coefficient (Wildman–Crippen LogP) is 6.15. The molecular formula is C37H45N5O4. The van der Waals surface area contributed by atoms with Crippen LogP contribution in [-0.4, -0.2) is 71.5 Å². The number of aryl methyl sites for hydroxylation is 1. The van der Waals surface area contributed by atoms with E-state index < -0.39 is 5.54 Å². The molecule has 46 heavy (non-hydrogen) atoms. The Morgan fingerprint density at radius 3 is 2.52 bits per heavy atom. The quantitative estimate of drug-likeness (QED) is 0.220. The second-order valence-electron chi connectivity index (χ2n) is 13.5. The SMILES string of the molecule is COc1ccc(NC(=O)C2(N(Cc3cccnc3)C(=O)C[C@@H]3[C@@H](c4c(C)[nH]c5ccccc45)C3(C)C)CCN(C)CC2)c(OC)c1. The molecule has 2 aromatic carbocycles. The van der Waals surface area contributed by atoms with Crippen molar-refractivity contribution in [1.29, 1.82) is 0 Å². The maximum Gasteiger partial charge on any atom is 0.250 e. The lowest BCUT2D eigenvalue weighted by Crippen LogP contribution is -2.62. The van der Waals surface area contributed by atoms with E-state index in [1.54, 1.807) is 44.8 Å². The summed E-state index contributed by atoms with van der Waals surface area (Å²) in [5.41, 5.74) is 3.88. The minimum atomic E-state index is -1.06. The van der Waals surface area contributed by atoms with Crippen molar-refractivity contribution < 1.29 is 19.1 Å². The molecule has 9 nitrogen and oxygen atoms in total. The summed E-state index contributed by atoms with van der Waals surface area (Å²) in [6, 6.07) is 17.6. The molecule has 2 fully saturated rings. The molecular weight excluding hydrogens is 578 g/mol. The summed E-state index contributed by atoms with van der Waals surface area (Å²) in [5.74, 6) is 1.28. The monoisotopic (exact) mass is 623 g/mol. The number of ether oxygens (including phenoxy) is 2. The highest BCUT2D eigenvalue weighted by atomic mass is 16.5. The Kier molecular flexibility index (Phi) is 8.55. The number of nitrogens with one attached hydrogen (secondary N) is 2. The Bertz CT molecular complexity index is 1720. The summed E-state index contributed by atoms with van der Waals surface area (Å²) < 4.78 is 11.0. The maximum absolute atomic E-state index is 14.8. The molecule has 1 saturated heterocycles. The van der Waals surface area contributed by atoms with E-state index in [2.05, 4.69) is 66.2 Å². The number of para-hydroxylation sites is 1. The third-order valence-corrected chi connectivity index (χ3v) is 10.5. The van der Waals surface area contributed by atoms with Crippen molar-refractivity contribution in [3.05, 3.63) is 83.8 Å². The highest BCUT2D eigenvalue weighted by Crippen LogP contribution is 2.67. The third-order valence-electron chi connectivity index (χ3n) is 10.5. The summed E-state index contributed by atoms with van der Waals surface area (Å²) in [6.45, 7) is 8.33. The average molecular weight is 624 g/mol. The summed E-state index contributed by atoms with van der Waals surface area (Å²) >= 11 is 0. The van der Waals surface area contributed by atoms with E-state index in [4.69, 9.17) is 9.47 Å². The fraction of sp³-hybridized carbons (Fsp3) is 0.432. The van der Waals surface area contributed by atoms with Crippen LogP contribution < -0.4 is 14.8 Å². The minimum Gasteiger partial charge on any atom is -0.497 e. The number of methoxy groups -OCH3 is 2. The molecule has 1 aliphatic heterocycles. The third kappa shape index (κ3) is 5.73. The van der Waals surface area contributed by atoms with Gasteiger partial charge >= 0.3 is 0 Å². The van der Waals surface area contributed by atoms with Crippen LogP contribution in [-0.2, 0) is 16.1 Å². The number of aromatic nitrogens is 2. The van der Waals surface area contributed by atoms with Crippen molar-refractivity contribution in [1.82, 2.24) is 19.8 Å². The van der Waals surface area contributed by atoms with E-state index in [-0.39, 0.29) is 29.1 Å². The maximum atomic E-state index is 14.8. The molecule has 9 heteroatoms. The lowest BCUT2D eigenvalue weighted by molar-refractivity contribution is -0.150. The van der Waals surface area contributed by atoms with Crippen LogP contribution in [0.15, 0.2) is 67.0 Å². The Labute approximate surface area is 271 Å². The summed E-state index contributed by atoms with van der Waals surface area (Å²) in [4.78, 5) is 41.3. The number of nitrogens with zero attached hydrogens (tertiary/aromatic N) is 3. The number of fused-ring (bicyclic) bond motifs is 1. The zero-order valence-electron chi connectivity index (χ0n) is 27.7. The highest BCUT2D eigenvalue weighted by molar-refractivity contribution is 6.01. The number of carbonyl (C=O) groups excluding carboxylic acids is 2. The highest BCUT2D eigenvalue weighted by Gasteiger charge is 2.60. The zero-order valence-corrected chi connectivity index (χ0v) is 27.7. The van der Waals surface area contributed by atoms with E-state index >= 15 is 0 Å². The van der Waals surface area contributed by atoms with Crippen LogP contribution in [0.2, 0.25) is 0 Å². The molecule has 0 spiro atoms. The fourth-order valence-electron chi connectivity index (χ4n) is 7.60. The van der Waals surface area contributed by atoms with Crippen molar-refractivity contribution in [3.63, 3.8) is 0 Å². The first-order valence-electron chi connectivity index (χ1n) is 16.1. The van der Waals surface area contributed by atoms with Crippen LogP contribution in [0.4, 0.5) is 5.69 Å². The molecule has 2 atom stereocenters. The Morgan fingerprint density at radius 2 is 1.83 bits per heavy atom. The Morgan fingerprint density at radius 1 is 1.07 bits per heavy atom. The van der Waals surface area contributed by atoms with Gasteiger partial charge in [0.1, 0.15) is 17.0 Å². The molecule has 6 rings (SSSR count). The molecule has 1 saturated carbocycles. The molecule has 2 amide bonds. The average Bonchev–Trinajstić information content (AvgIpc) is 3.41. The van der Waals surface area contributed by atoms with Gasteiger partial charge in [-0.15, -0.1) is 0 Å². The summed E-state index contributed by atoms with van der Waals surface area (Å²) in [7, 11) is 5.22. The number of piperidine rings is 1. The number of rotatable bonds is 10. The number of likely N-dealkylation sites (tertiary alicyclic amines) is 1. The van der Waals surface area contributed by atoms with Crippen LogP contribution in [0.5, 0.6) is 11.5 Å². The topological polar surface area (TPSA) is 99.8 Å². The van der Waals surface area contributed by atoms with Gasteiger partial charge in [0.25, 0.3) is 5.91 Å². The zero-order chi connectivity index (χ0) is 32.6. The second-order valence-corrected chi connectivity index (χ2v) is 13.5. The van der Waals surface area contributed by atoms with Crippen molar-refractivity contribution in [3.8, 4) is 11.5 Å². The number of pyridine rings is 1. The van der Waals surface area contributed by atoms with Crippen LogP contribution in [0.1, 0.15) is 55.8 Å². The molecule has 2 N–H and O–H groups in total. The van der Waals surface area contributed by atoms with Gasteiger partial charge in [0.2, 0.25) is 5.91 Å². The van der Waals surface area contributed by atoms with E-state index in [9.17, 15) is 9.59 Å². The molecule has 0 unspecified atom stereocenters. The molecule has 0 bridgehead atoms. The van der Waals surface area contributed by atoms with Crippen LogP contribution in [0, 0.1) is 18.3 Å². The van der Waals surface area contributed by atoms with Crippen molar-refractivity contribution in [2.45, 2.75) is 58.0 Å². The number of hydrogen-bond donors (Lipinski definition) is 2. The van der Waals surface area contributed by atoms with Gasteiger partial charge in [0, 0.05) is 61.1 Å². The lowest BCUT2D eigenvalue weighted by Gasteiger charge is -2.47. The molecule has 3 heterocycles. The normalized spacial score (nSPS) is 20.2. The minimum absolute atomic E-state index is 0.0108. The number of hydrogen-bond acceptors (Lipinski definition) is 6. The van der Waals surface area contributed by atoms with Gasteiger partial charge in [-0.05, 0) is 79.5 Å². The van der Waals surface area contributed by atoms with Gasteiger partial charge in [0.05, 0.1) is 19.9 Å². The van der Waals surface area contributed by atoms with Crippen LogP contribution in [0.3, 0.4) is 0 Å². The smallest absolute Gasteiger partial charge is 0.250 e. The first-order chi connectivity index (χ1) is 22.1. The largest absolute Gasteiger partial charge is 0.497 e. The van der Waals surface area contributed by atoms with Gasteiger partial charge in [0.15, 0.2) is 0 Å². The predicted molar refractivity (Wildman–Crippen MR) is 180 cm³/mol. The van der Waals surface area contributed by atoms with Gasteiger partial charge in [-0.1, -0.05) is 38.1 Å². The number of carbonyl (C=O) groups is 2. The number of aromatic amines is 1. The fourth-order valence-corrected chi connectivity index (χ4v) is 7.60. The van der Waals surface area contributed by atoms with Gasteiger partial charge in [-0.3, -0.25) is 14.6 Å². The molecule has 0 radical (unpaired) electrons. The van der Waals surface area contributed by atoms with Gasteiger partial charge in [-0.25, -0.2) is 0 Å². The standard InChI is InChI=1S/C37H45N5O4/c1-24-33(27-11-7-8-12-29(27)39-24)34-28(36(34,2)3)21-32(43)42(23-25-10-9-17-38-22-25)37(15-18-41(4)19-16-37)35(44)40-30-14-13-26(45-5)20-31(30)46-6/h7-14,17,20,22,28,34,39H,15-16,18-19,21,23H2,1-6H3,(H,40,44)/t28-,34+/m1/s1. The van der Waals surface area contributed by atoms with E-state index in [1.807, 2.05) is 23.1 Å². The molecule has 2 aromatic heterocycles. The van der Waals surface area contributed by atoms with Crippen molar-refractivity contribution in [2.24, 2.45) is 11.3 Å². The Balaban J connectivity index is 1.35. The first kappa shape index (κ1) is 31.6. The van der Waals surface area contributed by atoms with Gasteiger partial charge in [-0.2, -0.15) is 0 Å². The summed E-state index contributed by atoms with van der Waals surface area (Å²) in [6.07, 6.45) is 4.89. The number of amides is 2. The summed E-state index contributed by atoms with van der Waals surface area (Å²) in [5, 5.41) is 4.37. The van der Waals surface area contributed by atoms with Crippen molar-refractivity contribution >= 4 is 28.4 Å². The lowest BCUT2D eigenvalue weighted by atomic mass is 9.83. The number of benzene rings is 2. The molecule has 2 aliphatic rings. The first-order valence-corrected chi connectivity index (χ1v) is 16.1. The number of anilines is 1. The second kappa shape index (κ2) is 12.4. The van der Waals surface area contributed by atoms with Crippen LogP contribution in [0.25, 0.3) is 10.9 Å². The van der Waals surface area contributed by atoms with Crippen LogP contribution >= 0.6 is 0 Å². The van der Waals surface area contributed by atoms with E-state index in [0.717, 1.165) is 16.8 Å². The number of H-pyrrole nitrogens is 1. The van der Waals surface area contributed by atoms with E-state index in [1.165, 1.54) is 10.9 Å². The Hall–Kier alpha value is -4.37. The van der Waals surface area contributed by atoms with Gasteiger partial charge < -0.3 is 29.6 Å². The molecule has 242 valence electrons. The van der Waals surface area contributed by atoms with E-state index in [0.29, 0.717) is 56.1 Å². The van der Waals surface area contributed by atoms with Crippen molar-refractivity contribution in [2.75, 3.05) is 39.7 Å². The molecule has 1 aliphatic carbocycles.